The minimum Gasteiger partial charge on any atom is -0.391 e. The van der Waals surface area contributed by atoms with Gasteiger partial charge in [-0.2, -0.15) is 0 Å². The van der Waals surface area contributed by atoms with Gasteiger partial charge in [-0.25, -0.2) is 4.39 Å². The zero-order valence-electron chi connectivity index (χ0n) is 12.2. The number of benzene rings is 1. The third-order valence-corrected chi connectivity index (χ3v) is 4.18. The Balaban J connectivity index is 1.92. The maximum absolute atomic E-state index is 13.6. The molecule has 0 saturated carbocycles. The second-order valence-corrected chi connectivity index (χ2v) is 5.86. The van der Waals surface area contributed by atoms with Gasteiger partial charge in [-0.3, -0.25) is 9.59 Å². The Morgan fingerprint density at radius 3 is 2.86 bits per heavy atom. The van der Waals surface area contributed by atoms with Crippen LogP contribution in [0.3, 0.4) is 0 Å². The van der Waals surface area contributed by atoms with Crippen molar-refractivity contribution in [2.45, 2.75) is 19.4 Å². The summed E-state index contributed by atoms with van der Waals surface area (Å²) in [5.74, 6) is -1.63. The standard InChI is InChI=1S/C15H18ClFN2O3/c1-9-5-6-19(8-12(9)20)13(21)7-18-15(22)14-10(16)3-2-4-11(14)17/h2-4,9,12,20H,5-8H2,1H3,(H,18,22). The van der Waals surface area contributed by atoms with Gasteiger partial charge in [0.05, 0.1) is 23.2 Å². The van der Waals surface area contributed by atoms with E-state index < -0.39 is 17.8 Å². The first-order chi connectivity index (χ1) is 10.4. The molecule has 22 heavy (non-hydrogen) atoms. The molecular formula is C15H18ClFN2O3. The van der Waals surface area contributed by atoms with E-state index in [1.165, 1.54) is 17.0 Å². The van der Waals surface area contributed by atoms with Crippen LogP contribution in [0.1, 0.15) is 23.7 Å². The molecule has 5 nitrogen and oxygen atoms in total. The summed E-state index contributed by atoms with van der Waals surface area (Å²) in [5, 5.41) is 12.1. The highest BCUT2D eigenvalue weighted by Gasteiger charge is 2.27. The molecule has 1 heterocycles. The molecule has 1 saturated heterocycles. The highest BCUT2D eigenvalue weighted by Crippen LogP contribution is 2.19. The number of β-amino-alcohol motifs (C(OH)–C–C–N with tert-alkyl or cyclic N) is 1. The van der Waals surface area contributed by atoms with Crippen LogP contribution in [0.2, 0.25) is 5.02 Å². The quantitative estimate of drug-likeness (QED) is 0.882. The number of nitrogens with zero attached hydrogens (tertiary/aromatic N) is 1. The predicted octanol–water partition coefficient (Wildman–Crippen LogP) is 1.44. The van der Waals surface area contributed by atoms with Gasteiger partial charge in [0.15, 0.2) is 0 Å². The summed E-state index contributed by atoms with van der Waals surface area (Å²) in [4.78, 5) is 25.5. The highest BCUT2D eigenvalue weighted by molar-refractivity contribution is 6.33. The SMILES string of the molecule is CC1CCN(C(=O)CNC(=O)c2c(F)cccc2Cl)CC1O. The smallest absolute Gasteiger partial charge is 0.256 e. The average Bonchev–Trinajstić information content (AvgIpc) is 2.47. The van der Waals surface area contributed by atoms with Gasteiger partial charge in [0.25, 0.3) is 5.91 Å². The molecule has 2 unspecified atom stereocenters. The Hall–Kier alpha value is -1.66. The van der Waals surface area contributed by atoms with E-state index in [0.717, 1.165) is 6.07 Å². The summed E-state index contributed by atoms with van der Waals surface area (Å²) in [6, 6.07) is 3.94. The summed E-state index contributed by atoms with van der Waals surface area (Å²) < 4.78 is 13.6. The van der Waals surface area contributed by atoms with Crippen LogP contribution in [0, 0.1) is 11.7 Å². The molecule has 2 rings (SSSR count). The molecule has 7 heteroatoms. The molecule has 0 aromatic heterocycles. The van der Waals surface area contributed by atoms with Crippen molar-refractivity contribution in [2.24, 2.45) is 5.92 Å². The van der Waals surface area contributed by atoms with Crippen LogP contribution in [0.25, 0.3) is 0 Å². The van der Waals surface area contributed by atoms with Crippen LogP contribution in [-0.4, -0.2) is 47.6 Å². The van der Waals surface area contributed by atoms with Crippen molar-refractivity contribution in [2.75, 3.05) is 19.6 Å². The molecule has 1 aromatic carbocycles. The minimum atomic E-state index is -0.736. The number of halogens is 2. The number of hydrogen-bond donors (Lipinski definition) is 2. The number of carbonyl (C=O) groups excluding carboxylic acids is 2. The van der Waals surface area contributed by atoms with Crippen molar-refractivity contribution in [1.82, 2.24) is 10.2 Å². The van der Waals surface area contributed by atoms with Crippen LogP contribution in [0.15, 0.2) is 18.2 Å². The fraction of sp³-hybridized carbons (Fsp3) is 0.467. The molecule has 1 aliphatic rings. The Bertz CT molecular complexity index is 562. The number of nitrogens with one attached hydrogen (secondary N) is 1. The maximum Gasteiger partial charge on any atom is 0.256 e. The topological polar surface area (TPSA) is 69.6 Å². The summed E-state index contributed by atoms with van der Waals surface area (Å²) in [5.41, 5.74) is -0.274. The lowest BCUT2D eigenvalue weighted by atomic mass is 9.96. The summed E-state index contributed by atoms with van der Waals surface area (Å²) >= 11 is 5.79. The summed E-state index contributed by atoms with van der Waals surface area (Å²) in [6.07, 6.45) is 0.148. The number of amides is 2. The highest BCUT2D eigenvalue weighted by atomic mass is 35.5. The van der Waals surface area contributed by atoms with Gasteiger partial charge < -0.3 is 15.3 Å². The zero-order chi connectivity index (χ0) is 16.3. The molecule has 1 aromatic rings. The molecule has 2 amide bonds. The molecule has 0 aliphatic carbocycles. The molecule has 1 aliphatic heterocycles. The Kier molecular flexibility index (Phi) is 5.37. The first-order valence-electron chi connectivity index (χ1n) is 7.08. The number of piperidine rings is 1. The lowest BCUT2D eigenvalue weighted by molar-refractivity contribution is -0.134. The molecular weight excluding hydrogens is 311 g/mol. The van der Waals surface area contributed by atoms with Crippen molar-refractivity contribution in [3.63, 3.8) is 0 Å². The van der Waals surface area contributed by atoms with E-state index in [1.54, 1.807) is 0 Å². The van der Waals surface area contributed by atoms with E-state index in [4.69, 9.17) is 11.6 Å². The van der Waals surface area contributed by atoms with Crippen LogP contribution >= 0.6 is 11.6 Å². The van der Waals surface area contributed by atoms with Gasteiger partial charge in [0.1, 0.15) is 5.82 Å². The summed E-state index contributed by atoms with van der Waals surface area (Å²) in [7, 11) is 0. The number of aliphatic hydroxyl groups is 1. The Labute approximate surface area is 133 Å². The number of rotatable bonds is 3. The molecule has 0 spiro atoms. The molecule has 0 bridgehead atoms. The van der Waals surface area contributed by atoms with Crippen molar-refractivity contribution < 1.29 is 19.1 Å². The normalized spacial score (nSPS) is 21.5. The largest absolute Gasteiger partial charge is 0.391 e. The van der Waals surface area contributed by atoms with E-state index in [1.807, 2.05) is 6.92 Å². The van der Waals surface area contributed by atoms with Crippen LogP contribution < -0.4 is 5.32 Å². The second kappa shape index (κ2) is 7.07. The monoisotopic (exact) mass is 328 g/mol. The fourth-order valence-electron chi connectivity index (χ4n) is 2.35. The van der Waals surface area contributed by atoms with Crippen molar-refractivity contribution in [3.05, 3.63) is 34.6 Å². The average molecular weight is 329 g/mol. The van der Waals surface area contributed by atoms with E-state index in [9.17, 15) is 19.1 Å². The lowest BCUT2D eigenvalue weighted by Gasteiger charge is -2.34. The van der Waals surface area contributed by atoms with E-state index in [2.05, 4.69) is 5.32 Å². The van der Waals surface area contributed by atoms with Crippen molar-refractivity contribution >= 4 is 23.4 Å². The minimum absolute atomic E-state index is 0.00725. The first kappa shape index (κ1) is 16.7. The number of hydrogen-bond acceptors (Lipinski definition) is 3. The molecule has 120 valence electrons. The van der Waals surface area contributed by atoms with Gasteiger partial charge in [0, 0.05) is 13.1 Å². The summed E-state index contributed by atoms with van der Waals surface area (Å²) in [6.45, 7) is 2.45. The van der Waals surface area contributed by atoms with E-state index in [-0.39, 0.29) is 35.5 Å². The van der Waals surface area contributed by atoms with E-state index in [0.29, 0.717) is 13.0 Å². The maximum atomic E-state index is 13.6. The second-order valence-electron chi connectivity index (χ2n) is 5.45. The Morgan fingerprint density at radius 1 is 1.50 bits per heavy atom. The van der Waals surface area contributed by atoms with Gasteiger partial charge in [0.2, 0.25) is 5.91 Å². The molecule has 2 atom stereocenters. The van der Waals surface area contributed by atoms with Crippen molar-refractivity contribution in [3.8, 4) is 0 Å². The number of aliphatic hydroxyl groups excluding tert-OH is 1. The van der Waals surface area contributed by atoms with Gasteiger partial charge in [-0.15, -0.1) is 0 Å². The van der Waals surface area contributed by atoms with Crippen LogP contribution in [-0.2, 0) is 4.79 Å². The molecule has 2 N–H and O–H groups in total. The van der Waals surface area contributed by atoms with Crippen molar-refractivity contribution in [1.29, 1.82) is 0 Å². The predicted molar refractivity (Wildman–Crippen MR) is 80.1 cm³/mol. The van der Waals surface area contributed by atoms with Crippen LogP contribution in [0.4, 0.5) is 4.39 Å². The third kappa shape index (κ3) is 3.75. The number of likely N-dealkylation sites (tertiary alicyclic amines) is 1. The lowest BCUT2D eigenvalue weighted by Crippen LogP contribution is -2.49. The van der Waals surface area contributed by atoms with E-state index >= 15 is 0 Å². The zero-order valence-corrected chi connectivity index (χ0v) is 12.9. The first-order valence-corrected chi connectivity index (χ1v) is 7.46. The fourth-order valence-corrected chi connectivity index (χ4v) is 2.60. The molecule has 1 fully saturated rings. The van der Waals surface area contributed by atoms with Crippen LogP contribution in [0.5, 0.6) is 0 Å². The van der Waals surface area contributed by atoms with Gasteiger partial charge in [-0.05, 0) is 24.5 Å². The van der Waals surface area contributed by atoms with Gasteiger partial charge in [-0.1, -0.05) is 24.6 Å². The molecule has 0 radical (unpaired) electrons. The Morgan fingerprint density at radius 2 is 2.23 bits per heavy atom. The third-order valence-electron chi connectivity index (χ3n) is 3.86. The number of carbonyl (C=O) groups is 2. The van der Waals surface area contributed by atoms with Gasteiger partial charge >= 0.3 is 0 Å².